The number of nitrogens with zero attached hydrogens (tertiary/aromatic N) is 1. The van der Waals surface area contributed by atoms with Crippen molar-refractivity contribution in [3.05, 3.63) is 12.4 Å². The summed E-state index contributed by atoms with van der Waals surface area (Å²) in [7, 11) is -3.40. The zero-order valence-corrected chi connectivity index (χ0v) is 9.66. The lowest BCUT2D eigenvalue weighted by molar-refractivity contribution is 0.0678. The molecular weight excluding hydrogens is 230 g/mol. The van der Waals surface area contributed by atoms with E-state index >= 15 is 0 Å². The minimum Gasteiger partial charge on any atom is -0.381 e. The Kier molecular flexibility index (Phi) is 3.57. The molecule has 2 heterocycles. The number of aromatic amines is 1. The lowest BCUT2D eigenvalue weighted by atomic mass is 10.0. The van der Waals surface area contributed by atoms with E-state index in [-0.39, 0.29) is 4.90 Å². The van der Waals surface area contributed by atoms with E-state index in [0.29, 0.717) is 12.5 Å². The van der Waals surface area contributed by atoms with Crippen molar-refractivity contribution in [1.82, 2.24) is 14.9 Å². The molecule has 0 aromatic carbocycles. The van der Waals surface area contributed by atoms with Crippen molar-refractivity contribution in [2.45, 2.75) is 17.7 Å². The Morgan fingerprint density at radius 1 is 1.50 bits per heavy atom. The summed E-state index contributed by atoms with van der Waals surface area (Å²) in [6.07, 6.45) is 4.49. The molecule has 1 fully saturated rings. The average Bonchev–Trinajstić information content (AvgIpc) is 2.82. The molecule has 1 aromatic heterocycles. The predicted octanol–water partition coefficient (Wildman–Crippen LogP) is 0.115. The molecule has 0 unspecified atom stereocenters. The van der Waals surface area contributed by atoms with Gasteiger partial charge in [-0.05, 0) is 18.8 Å². The number of rotatable bonds is 4. The third kappa shape index (κ3) is 2.81. The summed E-state index contributed by atoms with van der Waals surface area (Å²) < 4.78 is 31.3. The molecule has 2 N–H and O–H groups in total. The smallest absolute Gasteiger partial charge is 0.243 e. The Morgan fingerprint density at radius 3 is 2.88 bits per heavy atom. The molecule has 1 saturated heterocycles. The Labute approximate surface area is 94.4 Å². The summed E-state index contributed by atoms with van der Waals surface area (Å²) in [5, 5.41) is 6.10. The molecule has 6 nitrogen and oxygen atoms in total. The van der Waals surface area contributed by atoms with E-state index in [1.165, 1.54) is 12.4 Å². The minimum absolute atomic E-state index is 0.180. The number of aromatic nitrogens is 2. The lowest BCUT2D eigenvalue weighted by Gasteiger charge is -2.21. The fourth-order valence-corrected chi connectivity index (χ4v) is 2.67. The number of nitrogens with one attached hydrogen (secondary N) is 2. The summed E-state index contributed by atoms with van der Waals surface area (Å²) in [4.78, 5) is 0.180. The van der Waals surface area contributed by atoms with Crippen LogP contribution in [-0.4, -0.2) is 38.4 Å². The van der Waals surface area contributed by atoms with Gasteiger partial charge in [-0.1, -0.05) is 0 Å². The fraction of sp³-hybridized carbons (Fsp3) is 0.667. The topological polar surface area (TPSA) is 84.1 Å². The second kappa shape index (κ2) is 4.94. The maximum atomic E-state index is 11.7. The van der Waals surface area contributed by atoms with Crippen molar-refractivity contribution in [1.29, 1.82) is 0 Å². The molecule has 2 rings (SSSR count). The standard InChI is InChI=1S/C9H15N3O3S/c13-16(14,9-6-10-11-7-9)12-5-8-1-3-15-4-2-8/h6-8,12H,1-5H2,(H,10,11). The molecule has 0 radical (unpaired) electrons. The normalized spacial score (nSPS) is 18.8. The van der Waals surface area contributed by atoms with Crippen LogP contribution < -0.4 is 4.72 Å². The monoisotopic (exact) mass is 245 g/mol. The summed E-state index contributed by atoms with van der Waals surface area (Å²) in [5.41, 5.74) is 0. The first kappa shape index (κ1) is 11.6. The van der Waals surface area contributed by atoms with Gasteiger partial charge in [-0.15, -0.1) is 0 Å². The largest absolute Gasteiger partial charge is 0.381 e. The number of ether oxygens (including phenoxy) is 1. The van der Waals surface area contributed by atoms with Gasteiger partial charge < -0.3 is 4.74 Å². The van der Waals surface area contributed by atoms with Crippen LogP contribution in [0.3, 0.4) is 0 Å². The maximum absolute atomic E-state index is 11.7. The fourth-order valence-electron chi connectivity index (χ4n) is 1.65. The molecule has 90 valence electrons. The summed E-state index contributed by atoms with van der Waals surface area (Å²) in [6.45, 7) is 1.91. The number of sulfonamides is 1. The van der Waals surface area contributed by atoms with Crippen LogP contribution in [0, 0.1) is 5.92 Å². The highest BCUT2D eigenvalue weighted by Gasteiger charge is 2.19. The Morgan fingerprint density at radius 2 is 2.25 bits per heavy atom. The van der Waals surface area contributed by atoms with Gasteiger partial charge in [0.25, 0.3) is 0 Å². The van der Waals surface area contributed by atoms with Gasteiger partial charge in [0.05, 0.1) is 6.20 Å². The van der Waals surface area contributed by atoms with Crippen molar-refractivity contribution < 1.29 is 13.2 Å². The molecular formula is C9H15N3O3S. The first-order valence-corrected chi connectivity index (χ1v) is 6.73. The Bertz CT molecular complexity index is 409. The van der Waals surface area contributed by atoms with Crippen LogP contribution in [0.2, 0.25) is 0 Å². The minimum atomic E-state index is -3.40. The van der Waals surface area contributed by atoms with Crippen molar-refractivity contribution >= 4 is 10.0 Å². The molecule has 1 aromatic rings. The first-order chi connectivity index (χ1) is 7.68. The molecule has 16 heavy (non-hydrogen) atoms. The molecule has 0 bridgehead atoms. The van der Waals surface area contributed by atoms with E-state index in [0.717, 1.165) is 26.1 Å². The zero-order valence-electron chi connectivity index (χ0n) is 8.85. The number of hydrogen-bond donors (Lipinski definition) is 2. The summed E-state index contributed by atoms with van der Waals surface area (Å²) >= 11 is 0. The molecule has 0 atom stereocenters. The molecule has 1 aliphatic heterocycles. The average molecular weight is 245 g/mol. The SMILES string of the molecule is O=S(=O)(NCC1CCOCC1)c1cn[nH]c1. The van der Waals surface area contributed by atoms with Gasteiger partial charge in [-0.25, -0.2) is 13.1 Å². The molecule has 1 aliphatic rings. The lowest BCUT2D eigenvalue weighted by Crippen LogP contribution is -2.32. The molecule has 0 saturated carbocycles. The van der Waals surface area contributed by atoms with E-state index in [9.17, 15) is 8.42 Å². The quantitative estimate of drug-likeness (QED) is 0.789. The van der Waals surface area contributed by atoms with E-state index in [1.54, 1.807) is 0 Å². The zero-order chi connectivity index (χ0) is 11.4. The Balaban J connectivity index is 1.89. The van der Waals surface area contributed by atoms with Crippen LogP contribution in [0.1, 0.15) is 12.8 Å². The van der Waals surface area contributed by atoms with Crippen LogP contribution in [-0.2, 0) is 14.8 Å². The van der Waals surface area contributed by atoms with Crippen molar-refractivity contribution in [3.63, 3.8) is 0 Å². The number of H-pyrrole nitrogens is 1. The summed E-state index contributed by atoms with van der Waals surface area (Å²) in [5.74, 6) is 0.371. The second-order valence-electron chi connectivity index (χ2n) is 3.84. The van der Waals surface area contributed by atoms with Crippen LogP contribution >= 0.6 is 0 Å². The van der Waals surface area contributed by atoms with Crippen LogP contribution in [0.5, 0.6) is 0 Å². The molecule has 0 aliphatic carbocycles. The highest BCUT2D eigenvalue weighted by Crippen LogP contribution is 2.14. The molecule has 0 amide bonds. The Hall–Kier alpha value is -0.920. The van der Waals surface area contributed by atoms with Gasteiger partial charge in [0.1, 0.15) is 4.90 Å². The highest BCUT2D eigenvalue weighted by atomic mass is 32.2. The van der Waals surface area contributed by atoms with Crippen molar-refractivity contribution in [2.24, 2.45) is 5.92 Å². The summed E-state index contributed by atoms with van der Waals surface area (Å²) in [6, 6.07) is 0. The van der Waals surface area contributed by atoms with E-state index in [2.05, 4.69) is 14.9 Å². The van der Waals surface area contributed by atoms with Crippen LogP contribution in [0.25, 0.3) is 0 Å². The molecule has 0 spiro atoms. The van der Waals surface area contributed by atoms with E-state index in [4.69, 9.17) is 4.74 Å². The second-order valence-corrected chi connectivity index (χ2v) is 5.61. The maximum Gasteiger partial charge on any atom is 0.243 e. The first-order valence-electron chi connectivity index (χ1n) is 5.25. The van der Waals surface area contributed by atoms with Gasteiger partial charge in [0.15, 0.2) is 0 Å². The van der Waals surface area contributed by atoms with Crippen molar-refractivity contribution in [3.8, 4) is 0 Å². The van der Waals surface area contributed by atoms with Gasteiger partial charge in [0, 0.05) is 26.0 Å². The van der Waals surface area contributed by atoms with E-state index < -0.39 is 10.0 Å². The van der Waals surface area contributed by atoms with Gasteiger partial charge in [0.2, 0.25) is 10.0 Å². The van der Waals surface area contributed by atoms with E-state index in [1.807, 2.05) is 0 Å². The van der Waals surface area contributed by atoms with Crippen LogP contribution in [0.4, 0.5) is 0 Å². The molecule has 7 heteroatoms. The number of hydrogen-bond acceptors (Lipinski definition) is 4. The third-order valence-corrected chi connectivity index (χ3v) is 4.08. The van der Waals surface area contributed by atoms with Gasteiger partial charge >= 0.3 is 0 Å². The van der Waals surface area contributed by atoms with Crippen molar-refractivity contribution in [2.75, 3.05) is 19.8 Å². The van der Waals surface area contributed by atoms with Crippen LogP contribution in [0.15, 0.2) is 17.3 Å². The van der Waals surface area contributed by atoms with Gasteiger partial charge in [-0.2, -0.15) is 5.10 Å². The highest BCUT2D eigenvalue weighted by molar-refractivity contribution is 7.89. The third-order valence-electron chi connectivity index (χ3n) is 2.69. The predicted molar refractivity (Wildman–Crippen MR) is 57.3 cm³/mol. The van der Waals surface area contributed by atoms with Gasteiger partial charge in [-0.3, -0.25) is 5.10 Å².